The van der Waals surface area contributed by atoms with Gasteiger partial charge in [-0.25, -0.2) is 4.79 Å². The van der Waals surface area contributed by atoms with Crippen molar-refractivity contribution in [3.05, 3.63) is 59.7 Å². The summed E-state index contributed by atoms with van der Waals surface area (Å²) in [5, 5.41) is 10.2. The maximum atomic E-state index is 13.0. The topological polar surface area (TPSA) is 85.3 Å². The number of morpholine rings is 1. The molecule has 1 amide bonds. The number of carbonyl (C=O) groups is 2. The van der Waals surface area contributed by atoms with Crippen LogP contribution in [0.2, 0.25) is 0 Å². The zero-order chi connectivity index (χ0) is 19.2. The summed E-state index contributed by atoms with van der Waals surface area (Å²) in [5.41, 5.74) is 0.495. The zero-order valence-corrected chi connectivity index (χ0v) is 15.0. The second-order valence-electron chi connectivity index (χ2n) is 5.99. The summed E-state index contributed by atoms with van der Waals surface area (Å²) in [6, 6.07) is 13.3. The molecule has 0 aromatic heterocycles. The number of phenols is 1. The number of aromatic hydroxyl groups is 1. The van der Waals surface area contributed by atoms with Gasteiger partial charge in [0.1, 0.15) is 5.56 Å². The Morgan fingerprint density at radius 2 is 1.78 bits per heavy atom. The van der Waals surface area contributed by atoms with E-state index in [0.29, 0.717) is 31.9 Å². The molecule has 1 aliphatic rings. The first-order chi connectivity index (χ1) is 13.1. The number of ether oxygens (including phenoxy) is 3. The van der Waals surface area contributed by atoms with E-state index in [0.717, 1.165) is 0 Å². The molecule has 3 rings (SSSR count). The minimum atomic E-state index is -1.11. The smallest absolute Gasteiger partial charge is 0.343 e. The molecule has 0 spiro atoms. The first-order valence-electron chi connectivity index (χ1n) is 8.60. The van der Waals surface area contributed by atoms with Crippen LogP contribution >= 0.6 is 0 Å². The molecule has 1 atom stereocenters. The molecule has 2 aromatic rings. The fourth-order valence-corrected chi connectivity index (χ4v) is 2.86. The van der Waals surface area contributed by atoms with Crippen molar-refractivity contribution in [2.24, 2.45) is 0 Å². The highest BCUT2D eigenvalue weighted by Crippen LogP contribution is 2.31. The van der Waals surface area contributed by atoms with Crippen molar-refractivity contribution in [1.29, 1.82) is 0 Å². The fourth-order valence-electron chi connectivity index (χ4n) is 2.86. The predicted molar refractivity (Wildman–Crippen MR) is 96.7 cm³/mol. The molecule has 0 bridgehead atoms. The van der Waals surface area contributed by atoms with Crippen LogP contribution < -0.4 is 4.74 Å². The molecule has 0 aliphatic carbocycles. The molecule has 2 aromatic carbocycles. The van der Waals surface area contributed by atoms with Crippen molar-refractivity contribution in [2.75, 3.05) is 33.4 Å². The highest BCUT2D eigenvalue weighted by molar-refractivity contribution is 5.95. The molecule has 1 fully saturated rings. The van der Waals surface area contributed by atoms with Crippen molar-refractivity contribution in [2.45, 2.75) is 6.10 Å². The molecule has 0 saturated carbocycles. The minimum Gasteiger partial charge on any atom is -0.504 e. The van der Waals surface area contributed by atoms with Gasteiger partial charge in [0.2, 0.25) is 6.10 Å². The van der Waals surface area contributed by atoms with Crippen LogP contribution in [0.15, 0.2) is 48.5 Å². The van der Waals surface area contributed by atoms with Gasteiger partial charge in [-0.05, 0) is 12.1 Å². The summed E-state index contributed by atoms with van der Waals surface area (Å²) in [6.45, 7) is 1.75. The maximum absolute atomic E-state index is 13.0. The number of methoxy groups -OCH3 is 1. The number of hydrogen-bond acceptors (Lipinski definition) is 6. The van der Waals surface area contributed by atoms with Crippen LogP contribution in [0.3, 0.4) is 0 Å². The summed E-state index contributed by atoms with van der Waals surface area (Å²) in [5.74, 6) is -1.29. The largest absolute Gasteiger partial charge is 0.504 e. The van der Waals surface area contributed by atoms with Gasteiger partial charge in [0.05, 0.1) is 20.3 Å². The molecular weight excluding hydrogens is 350 g/mol. The quantitative estimate of drug-likeness (QED) is 0.811. The van der Waals surface area contributed by atoms with Crippen molar-refractivity contribution < 1.29 is 28.9 Å². The molecule has 27 heavy (non-hydrogen) atoms. The maximum Gasteiger partial charge on any atom is 0.343 e. The lowest BCUT2D eigenvalue weighted by atomic mass is 10.1. The van der Waals surface area contributed by atoms with Gasteiger partial charge in [-0.1, -0.05) is 36.4 Å². The van der Waals surface area contributed by atoms with Crippen LogP contribution in [0, 0.1) is 0 Å². The van der Waals surface area contributed by atoms with Gasteiger partial charge in [0.15, 0.2) is 11.5 Å². The number of carbonyl (C=O) groups excluding carboxylic acids is 2. The summed E-state index contributed by atoms with van der Waals surface area (Å²) < 4.78 is 15.8. The third kappa shape index (κ3) is 4.20. The Morgan fingerprint density at radius 3 is 2.44 bits per heavy atom. The second-order valence-corrected chi connectivity index (χ2v) is 5.99. The number of hydrogen-bond donors (Lipinski definition) is 1. The molecule has 1 N–H and O–H groups in total. The molecule has 7 heteroatoms. The lowest BCUT2D eigenvalue weighted by Crippen LogP contribution is -2.44. The normalized spacial score (nSPS) is 15.1. The monoisotopic (exact) mass is 371 g/mol. The van der Waals surface area contributed by atoms with E-state index < -0.39 is 12.1 Å². The van der Waals surface area contributed by atoms with E-state index in [9.17, 15) is 14.7 Å². The first-order valence-corrected chi connectivity index (χ1v) is 8.60. The third-order valence-electron chi connectivity index (χ3n) is 4.31. The Hall–Kier alpha value is -3.06. The van der Waals surface area contributed by atoms with Crippen molar-refractivity contribution >= 4 is 11.9 Å². The summed E-state index contributed by atoms with van der Waals surface area (Å²) in [7, 11) is 1.39. The van der Waals surface area contributed by atoms with Crippen molar-refractivity contribution in [3.63, 3.8) is 0 Å². The lowest BCUT2D eigenvalue weighted by molar-refractivity contribution is -0.145. The number of amides is 1. The van der Waals surface area contributed by atoms with E-state index in [2.05, 4.69) is 0 Å². The molecule has 142 valence electrons. The van der Waals surface area contributed by atoms with E-state index in [4.69, 9.17) is 14.2 Å². The standard InChI is InChI=1S/C20H21NO6/c1-25-16-9-5-8-15(17(16)22)20(24)27-18(14-6-3-2-4-7-14)19(23)21-10-12-26-13-11-21/h2-9,18,22H,10-13H2,1H3. The van der Waals surface area contributed by atoms with Crippen molar-refractivity contribution in [1.82, 2.24) is 4.90 Å². The second kappa shape index (κ2) is 8.55. The lowest BCUT2D eigenvalue weighted by Gasteiger charge is -2.30. The van der Waals surface area contributed by atoms with Crippen LogP contribution in [-0.4, -0.2) is 55.3 Å². The van der Waals surface area contributed by atoms with Crippen LogP contribution in [0.1, 0.15) is 22.0 Å². The molecule has 1 heterocycles. The van der Waals surface area contributed by atoms with E-state index >= 15 is 0 Å². The van der Waals surface area contributed by atoms with E-state index in [1.807, 2.05) is 6.07 Å². The fraction of sp³-hybridized carbons (Fsp3) is 0.300. The molecule has 0 radical (unpaired) electrons. The summed E-state index contributed by atoms with van der Waals surface area (Å²) >= 11 is 0. The Labute approximate surface area is 157 Å². The number of phenolic OH excluding ortho intramolecular Hbond substituents is 1. The molecule has 1 saturated heterocycles. The predicted octanol–water partition coefficient (Wildman–Crippen LogP) is 2.16. The number of para-hydroxylation sites is 1. The SMILES string of the molecule is COc1cccc(C(=O)OC(C(=O)N2CCOCC2)c2ccccc2)c1O. The van der Waals surface area contributed by atoms with E-state index in [-0.39, 0.29) is 23.0 Å². The average molecular weight is 371 g/mol. The number of nitrogens with zero attached hydrogens (tertiary/aromatic N) is 1. The van der Waals surface area contributed by atoms with Crippen LogP contribution in [0.4, 0.5) is 0 Å². The van der Waals surface area contributed by atoms with Gasteiger partial charge in [-0.15, -0.1) is 0 Å². The summed E-state index contributed by atoms with van der Waals surface area (Å²) in [6.07, 6.45) is -1.11. The highest BCUT2D eigenvalue weighted by atomic mass is 16.5. The number of rotatable bonds is 5. The van der Waals surface area contributed by atoms with E-state index in [1.165, 1.54) is 19.2 Å². The number of esters is 1. The Balaban J connectivity index is 1.87. The summed E-state index contributed by atoms with van der Waals surface area (Å²) in [4.78, 5) is 27.3. The van der Waals surface area contributed by atoms with Crippen molar-refractivity contribution in [3.8, 4) is 11.5 Å². The van der Waals surface area contributed by atoms with Gasteiger partial charge in [-0.3, -0.25) is 4.79 Å². The average Bonchev–Trinajstić information content (AvgIpc) is 2.73. The highest BCUT2D eigenvalue weighted by Gasteiger charge is 2.31. The zero-order valence-electron chi connectivity index (χ0n) is 15.0. The van der Waals surface area contributed by atoms with Gasteiger partial charge in [-0.2, -0.15) is 0 Å². The van der Waals surface area contributed by atoms with Gasteiger partial charge in [0, 0.05) is 18.7 Å². The molecular formula is C20H21NO6. The third-order valence-corrected chi connectivity index (χ3v) is 4.31. The van der Waals surface area contributed by atoms with E-state index in [1.54, 1.807) is 35.2 Å². The number of benzene rings is 2. The van der Waals surface area contributed by atoms with Gasteiger partial charge >= 0.3 is 5.97 Å². The van der Waals surface area contributed by atoms with Crippen LogP contribution in [-0.2, 0) is 14.3 Å². The first kappa shape index (κ1) is 18.7. The van der Waals surface area contributed by atoms with Crippen LogP contribution in [0.25, 0.3) is 0 Å². The minimum absolute atomic E-state index is 0.0648. The molecule has 1 aliphatic heterocycles. The van der Waals surface area contributed by atoms with Crippen LogP contribution in [0.5, 0.6) is 11.5 Å². The Kier molecular flexibility index (Phi) is 5.93. The molecule has 1 unspecified atom stereocenters. The van der Waals surface area contributed by atoms with Gasteiger partial charge in [0.25, 0.3) is 5.91 Å². The molecule has 7 nitrogen and oxygen atoms in total. The van der Waals surface area contributed by atoms with Gasteiger partial charge < -0.3 is 24.2 Å². The Bertz CT molecular complexity index is 801. The Morgan fingerprint density at radius 1 is 1.07 bits per heavy atom.